The lowest BCUT2D eigenvalue weighted by atomic mass is 10.0. The Morgan fingerprint density at radius 1 is 0.966 bits per heavy atom. The van der Waals surface area contributed by atoms with Crippen molar-refractivity contribution in [1.29, 1.82) is 0 Å². The third-order valence-corrected chi connectivity index (χ3v) is 5.28. The lowest BCUT2D eigenvalue weighted by Crippen LogP contribution is -2.47. The Morgan fingerprint density at radius 2 is 1.72 bits per heavy atom. The van der Waals surface area contributed by atoms with Gasteiger partial charge in [-0.15, -0.1) is 0 Å². The van der Waals surface area contributed by atoms with E-state index in [-0.39, 0.29) is 11.8 Å². The number of anilines is 1. The summed E-state index contributed by atoms with van der Waals surface area (Å²) in [6, 6.07) is 22.6. The van der Waals surface area contributed by atoms with Gasteiger partial charge in [-0.05, 0) is 40.5 Å². The van der Waals surface area contributed by atoms with E-state index in [1.165, 1.54) is 16.3 Å². The van der Waals surface area contributed by atoms with Crippen molar-refractivity contribution < 1.29 is 9.59 Å². The maximum Gasteiger partial charge on any atom is 0.239 e. The first kappa shape index (κ1) is 19.0. The van der Waals surface area contributed by atoms with Gasteiger partial charge in [0.05, 0.1) is 6.54 Å². The monoisotopic (exact) mass is 387 g/mol. The molecule has 1 aliphatic rings. The molecule has 5 nitrogen and oxygen atoms in total. The van der Waals surface area contributed by atoms with Gasteiger partial charge in [0.25, 0.3) is 0 Å². The molecule has 29 heavy (non-hydrogen) atoms. The molecule has 5 heteroatoms. The van der Waals surface area contributed by atoms with Crippen LogP contribution in [0.25, 0.3) is 10.8 Å². The Labute approximate surface area is 170 Å². The molecule has 1 fully saturated rings. The molecule has 0 radical (unpaired) electrons. The number of carbonyl (C=O) groups excluding carboxylic acids is 2. The summed E-state index contributed by atoms with van der Waals surface area (Å²) < 4.78 is 0. The number of carbonyl (C=O) groups is 2. The highest BCUT2D eigenvalue weighted by atomic mass is 16.2. The van der Waals surface area contributed by atoms with Crippen LogP contribution in [-0.2, 0) is 22.6 Å². The molecular formula is C24H25N3O2. The average Bonchev–Trinajstić information content (AvgIpc) is 2.76. The second kappa shape index (κ2) is 8.78. The predicted octanol–water partition coefficient (Wildman–Crippen LogP) is 3.03. The zero-order valence-corrected chi connectivity index (χ0v) is 16.4. The highest BCUT2D eigenvalue weighted by molar-refractivity contribution is 5.83. The zero-order chi connectivity index (χ0) is 20.1. The van der Waals surface area contributed by atoms with Crippen LogP contribution in [0.5, 0.6) is 0 Å². The minimum Gasteiger partial charge on any atom is -0.360 e. The summed E-state index contributed by atoms with van der Waals surface area (Å²) in [6.45, 7) is 2.40. The lowest BCUT2D eigenvalue weighted by Gasteiger charge is -2.28. The molecule has 2 N–H and O–H groups in total. The summed E-state index contributed by atoms with van der Waals surface area (Å²) in [7, 11) is 0. The van der Waals surface area contributed by atoms with Gasteiger partial charge in [0, 0.05) is 31.7 Å². The fraction of sp³-hybridized carbons (Fsp3) is 0.250. The van der Waals surface area contributed by atoms with E-state index in [0.29, 0.717) is 26.1 Å². The summed E-state index contributed by atoms with van der Waals surface area (Å²) in [4.78, 5) is 25.8. The Hall–Kier alpha value is -3.34. The molecule has 0 bridgehead atoms. The standard InChI is InChI=1S/C24H25N3O2/c28-23(12-8-18-5-9-20-3-1-2-4-21(20)15-18)26-16-19-6-10-22(11-7-19)27-14-13-25-24(29)17-27/h1-7,9-11,15H,8,12-14,16-17H2,(H,25,29)(H,26,28). The van der Waals surface area contributed by atoms with Crippen LogP contribution in [0.2, 0.25) is 0 Å². The SMILES string of the molecule is O=C(CCc1ccc2ccccc2c1)NCc1ccc(N2CCNC(=O)C2)cc1. The Morgan fingerprint density at radius 3 is 2.52 bits per heavy atom. The molecule has 3 aromatic rings. The van der Waals surface area contributed by atoms with Crippen molar-refractivity contribution in [1.82, 2.24) is 10.6 Å². The number of fused-ring (bicyclic) bond motifs is 1. The molecule has 1 aliphatic heterocycles. The van der Waals surface area contributed by atoms with Gasteiger partial charge in [0.2, 0.25) is 11.8 Å². The normalized spacial score (nSPS) is 13.9. The fourth-order valence-corrected chi connectivity index (χ4v) is 3.62. The third-order valence-electron chi connectivity index (χ3n) is 5.28. The number of hydrogen-bond donors (Lipinski definition) is 2. The van der Waals surface area contributed by atoms with Crippen LogP contribution in [0.3, 0.4) is 0 Å². The molecule has 148 valence electrons. The quantitative estimate of drug-likeness (QED) is 0.684. The van der Waals surface area contributed by atoms with E-state index >= 15 is 0 Å². The van der Waals surface area contributed by atoms with Gasteiger partial charge >= 0.3 is 0 Å². The number of benzene rings is 3. The van der Waals surface area contributed by atoms with Crippen molar-refractivity contribution in [3.63, 3.8) is 0 Å². The molecule has 0 unspecified atom stereocenters. The summed E-state index contributed by atoms with van der Waals surface area (Å²) in [5.41, 5.74) is 3.26. The molecule has 1 heterocycles. The first-order valence-corrected chi connectivity index (χ1v) is 10.0. The Balaban J connectivity index is 1.26. The Bertz CT molecular complexity index is 1010. The second-order valence-electron chi connectivity index (χ2n) is 7.40. The number of nitrogens with zero attached hydrogens (tertiary/aromatic N) is 1. The van der Waals surface area contributed by atoms with Gasteiger partial charge in [0.15, 0.2) is 0 Å². The molecule has 0 atom stereocenters. The van der Waals surface area contributed by atoms with Crippen LogP contribution < -0.4 is 15.5 Å². The van der Waals surface area contributed by atoms with Crippen LogP contribution in [-0.4, -0.2) is 31.4 Å². The largest absolute Gasteiger partial charge is 0.360 e. The molecule has 1 saturated heterocycles. The van der Waals surface area contributed by atoms with Crippen LogP contribution in [0, 0.1) is 0 Å². The van der Waals surface area contributed by atoms with Crippen molar-refractivity contribution in [2.24, 2.45) is 0 Å². The van der Waals surface area contributed by atoms with Gasteiger partial charge in [-0.3, -0.25) is 9.59 Å². The fourth-order valence-electron chi connectivity index (χ4n) is 3.62. The number of nitrogens with one attached hydrogen (secondary N) is 2. The maximum atomic E-state index is 12.2. The van der Waals surface area contributed by atoms with Crippen molar-refractivity contribution in [2.45, 2.75) is 19.4 Å². The van der Waals surface area contributed by atoms with Crippen LogP contribution in [0.15, 0.2) is 66.7 Å². The lowest BCUT2D eigenvalue weighted by molar-refractivity contribution is -0.121. The smallest absolute Gasteiger partial charge is 0.239 e. The molecular weight excluding hydrogens is 362 g/mol. The van der Waals surface area contributed by atoms with Crippen LogP contribution in [0.1, 0.15) is 17.5 Å². The summed E-state index contributed by atoms with van der Waals surface area (Å²) >= 11 is 0. The van der Waals surface area contributed by atoms with E-state index < -0.39 is 0 Å². The van der Waals surface area contributed by atoms with E-state index in [1.54, 1.807) is 0 Å². The minimum atomic E-state index is 0.0509. The Kier molecular flexibility index (Phi) is 5.75. The van der Waals surface area contributed by atoms with Gasteiger partial charge in [-0.25, -0.2) is 0 Å². The van der Waals surface area contributed by atoms with E-state index in [2.05, 4.69) is 45.9 Å². The summed E-state index contributed by atoms with van der Waals surface area (Å²) in [5, 5.41) is 8.25. The summed E-state index contributed by atoms with van der Waals surface area (Å²) in [6.07, 6.45) is 1.20. The van der Waals surface area contributed by atoms with Gasteiger partial charge in [0.1, 0.15) is 0 Å². The minimum absolute atomic E-state index is 0.0509. The highest BCUT2D eigenvalue weighted by Crippen LogP contribution is 2.17. The number of piperazine rings is 1. The maximum absolute atomic E-state index is 12.2. The van der Waals surface area contributed by atoms with Crippen LogP contribution >= 0.6 is 0 Å². The molecule has 0 aromatic heterocycles. The molecule has 4 rings (SSSR count). The highest BCUT2D eigenvalue weighted by Gasteiger charge is 2.16. The number of amides is 2. The molecule has 0 spiro atoms. The third kappa shape index (κ3) is 4.93. The zero-order valence-electron chi connectivity index (χ0n) is 16.4. The van der Waals surface area contributed by atoms with Crippen LogP contribution in [0.4, 0.5) is 5.69 Å². The summed E-state index contributed by atoms with van der Waals surface area (Å²) in [5.74, 6) is 0.106. The van der Waals surface area contributed by atoms with Crippen molar-refractivity contribution in [3.8, 4) is 0 Å². The molecule has 2 amide bonds. The van der Waals surface area contributed by atoms with Crippen molar-refractivity contribution in [3.05, 3.63) is 77.9 Å². The molecule has 0 saturated carbocycles. The predicted molar refractivity (Wildman–Crippen MR) is 116 cm³/mol. The van der Waals surface area contributed by atoms with Crippen molar-refractivity contribution >= 4 is 28.3 Å². The van der Waals surface area contributed by atoms with E-state index in [0.717, 1.165) is 24.2 Å². The number of hydrogen-bond acceptors (Lipinski definition) is 3. The number of rotatable bonds is 6. The first-order chi connectivity index (χ1) is 14.2. The first-order valence-electron chi connectivity index (χ1n) is 10.0. The van der Waals surface area contributed by atoms with Crippen molar-refractivity contribution in [2.75, 3.05) is 24.5 Å². The molecule has 3 aromatic carbocycles. The van der Waals surface area contributed by atoms with E-state index in [9.17, 15) is 9.59 Å². The van der Waals surface area contributed by atoms with E-state index in [4.69, 9.17) is 0 Å². The van der Waals surface area contributed by atoms with Gasteiger partial charge in [-0.1, -0.05) is 54.6 Å². The van der Waals surface area contributed by atoms with E-state index in [1.807, 2.05) is 36.4 Å². The van der Waals surface area contributed by atoms with Gasteiger partial charge < -0.3 is 15.5 Å². The average molecular weight is 387 g/mol. The molecule has 0 aliphatic carbocycles. The number of aryl methyl sites for hydroxylation is 1. The topological polar surface area (TPSA) is 61.4 Å². The second-order valence-corrected chi connectivity index (χ2v) is 7.40. The van der Waals surface area contributed by atoms with Gasteiger partial charge in [-0.2, -0.15) is 0 Å².